The number of pyridine rings is 2. The Morgan fingerprint density at radius 1 is 1.20 bits per heavy atom. The number of fused-ring (bicyclic) bond motifs is 1. The summed E-state index contributed by atoms with van der Waals surface area (Å²) in [5.41, 5.74) is 2.36. The van der Waals surface area contributed by atoms with Gasteiger partial charge in [0.25, 0.3) is 11.7 Å². The van der Waals surface area contributed by atoms with Crippen molar-refractivity contribution in [3.8, 4) is 0 Å². The number of nitrogens with zero attached hydrogens (tertiary/aromatic N) is 5. The molecule has 1 aliphatic heterocycles. The molecular formula is C22H23N5O3. The van der Waals surface area contributed by atoms with E-state index in [2.05, 4.69) is 9.97 Å². The summed E-state index contributed by atoms with van der Waals surface area (Å²) < 4.78 is 1.72. The van der Waals surface area contributed by atoms with Crippen molar-refractivity contribution in [1.82, 2.24) is 24.2 Å². The molecule has 0 aromatic carbocycles. The van der Waals surface area contributed by atoms with Crippen molar-refractivity contribution in [2.45, 2.75) is 13.0 Å². The maximum absolute atomic E-state index is 13.1. The molecular weight excluding hydrogens is 382 g/mol. The molecule has 1 N–H and O–H groups in total. The van der Waals surface area contributed by atoms with Gasteiger partial charge in [-0.3, -0.25) is 19.0 Å². The largest absolute Gasteiger partial charge is 0.505 e. The zero-order valence-electron chi connectivity index (χ0n) is 17.1. The Morgan fingerprint density at radius 2 is 2.00 bits per heavy atom. The molecule has 0 spiro atoms. The van der Waals surface area contributed by atoms with Crippen LogP contribution in [0.2, 0.25) is 0 Å². The van der Waals surface area contributed by atoms with Crippen LogP contribution in [0, 0.1) is 6.92 Å². The Labute approximate surface area is 174 Å². The van der Waals surface area contributed by atoms with Crippen LogP contribution in [0.3, 0.4) is 0 Å². The molecule has 0 unspecified atom stereocenters. The Morgan fingerprint density at radius 3 is 2.70 bits per heavy atom. The van der Waals surface area contributed by atoms with Crippen LogP contribution < -0.4 is 0 Å². The van der Waals surface area contributed by atoms with Gasteiger partial charge in [-0.1, -0.05) is 12.1 Å². The molecule has 0 saturated carbocycles. The van der Waals surface area contributed by atoms with Crippen molar-refractivity contribution in [1.29, 1.82) is 0 Å². The number of aromatic nitrogens is 3. The summed E-state index contributed by atoms with van der Waals surface area (Å²) in [5, 5.41) is 11.3. The second-order valence-electron chi connectivity index (χ2n) is 7.56. The predicted molar refractivity (Wildman–Crippen MR) is 112 cm³/mol. The first-order chi connectivity index (χ1) is 14.4. The van der Waals surface area contributed by atoms with Gasteiger partial charge in [0.2, 0.25) is 0 Å². The van der Waals surface area contributed by atoms with Crippen molar-refractivity contribution in [3.05, 3.63) is 71.4 Å². The number of aliphatic hydroxyl groups excluding tert-OH is 1. The van der Waals surface area contributed by atoms with Crippen LogP contribution in [0.1, 0.15) is 23.0 Å². The highest BCUT2D eigenvalue weighted by Gasteiger charge is 2.46. The number of likely N-dealkylation sites (tertiary alicyclic amines) is 1. The Hall–Kier alpha value is -3.52. The molecule has 8 nitrogen and oxygen atoms in total. The molecule has 1 amide bonds. The number of aliphatic hydroxyl groups is 1. The van der Waals surface area contributed by atoms with Crippen LogP contribution in [-0.4, -0.2) is 68.2 Å². The predicted octanol–water partition coefficient (Wildman–Crippen LogP) is 2.02. The molecule has 30 heavy (non-hydrogen) atoms. The first kappa shape index (κ1) is 19.8. The number of carbonyl (C=O) groups is 2. The minimum Gasteiger partial charge on any atom is -0.505 e. The van der Waals surface area contributed by atoms with E-state index in [4.69, 9.17) is 0 Å². The molecule has 0 aliphatic carbocycles. The van der Waals surface area contributed by atoms with E-state index in [-0.39, 0.29) is 11.3 Å². The third-order valence-corrected chi connectivity index (χ3v) is 5.26. The summed E-state index contributed by atoms with van der Waals surface area (Å²) >= 11 is 0. The lowest BCUT2D eigenvalue weighted by Gasteiger charge is -2.26. The number of amides is 1. The molecule has 4 heterocycles. The molecule has 1 fully saturated rings. The van der Waals surface area contributed by atoms with E-state index in [0.717, 1.165) is 0 Å². The van der Waals surface area contributed by atoms with Crippen LogP contribution in [0.5, 0.6) is 0 Å². The molecule has 4 rings (SSSR count). The van der Waals surface area contributed by atoms with Crippen LogP contribution in [0.25, 0.3) is 11.4 Å². The summed E-state index contributed by atoms with van der Waals surface area (Å²) in [6.07, 6.45) is 5.02. The van der Waals surface area contributed by atoms with Crippen molar-refractivity contribution in [2.24, 2.45) is 0 Å². The minimum atomic E-state index is -0.715. The van der Waals surface area contributed by atoms with Gasteiger partial charge in [-0.05, 0) is 44.8 Å². The van der Waals surface area contributed by atoms with Gasteiger partial charge in [0.1, 0.15) is 11.3 Å². The van der Waals surface area contributed by atoms with E-state index in [9.17, 15) is 14.7 Å². The highest BCUT2D eigenvalue weighted by molar-refractivity contribution is 6.46. The van der Waals surface area contributed by atoms with Gasteiger partial charge in [0.05, 0.1) is 17.3 Å². The summed E-state index contributed by atoms with van der Waals surface area (Å²) in [7, 11) is 3.80. The van der Waals surface area contributed by atoms with Gasteiger partial charge < -0.3 is 14.9 Å². The molecule has 1 saturated heterocycles. The van der Waals surface area contributed by atoms with Crippen molar-refractivity contribution >= 4 is 23.1 Å². The number of carbonyl (C=O) groups excluding carboxylic acids is 2. The summed E-state index contributed by atoms with van der Waals surface area (Å²) in [4.78, 5) is 38.0. The van der Waals surface area contributed by atoms with Crippen LogP contribution in [-0.2, 0) is 9.59 Å². The smallest absolute Gasteiger partial charge is 0.295 e. The SMILES string of the molecule is Cc1nc2ccccn2c1C(O)=C1C(=O)C(=O)N(CCN(C)C)[C@@H]1c1cccnc1. The summed E-state index contributed by atoms with van der Waals surface area (Å²) in [6, 6.07) is 8.33. The molecule has 3 aromatic rings. The standard InChI is InChI=1S/C22H23N5O3/c1-14-18(26-10-5-4-8-16(26)24-14)20(28)17-19(15-7-6-9-23-13-15)27(12-11-25(2)3)22(30)21(17)29/h4-10,13,19,28H,11-12H2,1-3H3/t19-/m1/s1. The monoisotopic (exact) mass is 405 g/mol. The summed E-state index contributed by atoms with van der Waals surface area (Å²) in [6.45, 7) is 2.70. The fraction of sp³-hybridized carbons (Fsp3) is 0.273. The minimum absolute atomic E-state index is 0.0560. The highest BCUT2D eigenvalue weighted by atomic mass is 16.3. The van der Waals surface area contributed by atoms with Gasteiger partial charge in [-0.25, -0.2) is 4.98 Å². The van der Waals surface area contributed by atoms with E-state index in [1.165, 1.54) is 4.90 Å². The number of imidazole rings is 1. The Kier molecular flexibility index (Phi) is 5.09. The van der Waals surface area contributed by atoms with Gasteiger partial charge >= 0.3 is 0 Å². The summed E-state index contributed by atoms with van der Waals surface area (Å²) in [5.74, 6) is -1.56. The second kappa shape index (κ2) is 7.72. The van der Waals surface area contributed by atoms with Crippen molar-refractivity contribution in [3.63, 3.8) is 0 Å². The third-order valence-electron chi connectivity index (χ3n) is 5.26. The lowest BCUT2D eigenvalue weighted by atomic mass is 9.97. The molecule has 3 aromatic heterocycles. The normalized spacial score (nSPS) is 18.7. The van der Waals surface area contributed by atoms with Gasteiger partial charge in [-0.15, -0.1) is 0 Å². The average molecular weight is 405 g/mol. The molecule has 154 valence electrons. The van der Waals surface area contributed by atoms with Crippen LogP contribution in [0.4, 0.5) is 0 Å². The highest BCUT2D eigenvalue weighted by Crippen LogP contribution is 2.39. The zero-order chi connectivity index (χ0) is 21.4. The average Bonchev–Trinajstić information content (AvgIpc) is 3.20. The Balaban J connectivity index is 1.92. The molecule has 1 atom stereocenters. The van der Waals surface area contributed by atoms with E-state index in [0.29, 0.717) is 35.7 Å². The quantitative estimate of drug-likeness (QED) is 0.397. The van der Waals surface area contributed by atoms with E-state index in [1.807, 2.05) is 37.2 Å². The van der Waals surface area contributed by atoms with Crippen molar-refractivity contribution in [2.75, 3.05) is 27.2 Å². The second-order valence-corrected chi connectivity index (χ2v) is 7.56. The number of Topliss-reactive ketones (excluding diaryl/α,β-unsaturated/α-hetero) is 1. The zero-order valence-corrected chi connectivity index (χ0v) is 17.1. The van der Waals surface area contributed by atoms with E-state index < -0.39 is 17.7 Å². The number of aryl methyl sites for hydroxylation is 1. The van der Waals surface area contributed by atoms with Crippen LogP contribution >= 0.6 is 0 Å². The third kappa shape index (κ3) is 3.25. The lowest BCUT2D eigenvalue weighted by molar-refractivity contribution is -0.140. The number of rotatable bonds is 5. The van der Waals surface area contributed by atoms with Crippen molar-refractivity contribution < 1.29 is 14.7 Å². The number of hydrogen-bond acceptors (Lipinski definition) is 6. The fourth-order valence-electron chi connectivity index (χ4n) is 3.83. The maximum Gasteiger partial charge on any atom is 0.295 e. The number of hydrogen-bond donors (Lipinski definition) is 1. The van der Waals surface area contributed by atoms with Gasteiger partial charge in [-0.2, -0.15) is 0 Å². The van der Waals surface area contributed by atoms with Gasteiger partial charge in [0, 0.05) is 31.7 Å². The molecule has 0 bridgehead atoms. The van der Waals surface area contributed by atoms with Gasteiger partial charge in [0.15, 0.2) is 5.76 Å². The molecule has 0 radical (unpaired) electrons. The molecule has 8 heteroatoms. The van der Waals surface area contributed by atoms with E-state index in [1.54, 1.807) is 42.0 Å². The topological polar surface area (TPSA) is 91.0 Å². The van der Waals surface area contributed by atoms with E-state index >= 15 is 0 Å². The van der Waals surface area contributed by atoms with Crippen LogP contribution in [0.15, 0.2) is 54.5 Å². The Bertz CT molecular complexity index is 1150. The molecule has 1 aliphatic rings. The first-order valence-electron chi connectivity index (χ1n) is 9.67. The lowest BCUT2D eigenvalue weighted by Crippen LogP contribution is -2.35. The fourth-order valence-corrected chi connectivity index (χ4v) is 3.83. The number of ketones is 1. The maximum atomic E-state index is 13.1. The number of likely N-dealkylation sites (N-methyl/N-ethyl adjacent to an activating group) is 1. The first-order valence-corrected chi connectivity index (χ1v) is 9.67.